The Balaban J connectivity index is 2.92. The van der Waals surface area contributed by atoms with E-state index in [1.807, 2.05) is 0 Å². The SMILES string of the molecule is CNCCn1c(=O)c2c(C(F)(F)F)cccc2n(C)c1=O. The molecule has 0 unspecified atom stereocenters. The van der Waals surface area contributed by atoms with Gasteiger partial charge in [-0.05, 0) is 19.2 Å². The monoisotopic (exact) mass is 301 g/mol. The van der Waals surface area contributed by atoms with Crippen molar-refractivity contribution in [2.75, 3.05) is 13.6 Å². The Hall–Kier alpha value is -2.09. The number of aromatic nitrogens is 2. The Morgan fingerprint density at radius 3 is 2.48 bits per heavy atom. The highest BCUT2D eigenvalue weighted by Crippen LogP contribution is 2.32. The minimum absolute atomic E-state index is 0.00411. The van der Waals surface area contributed by atoms with Gasteiger partial charge in [-0.2, -0.15) is 13.2 Å². The van der Waals surface area contributed by atoms with Gasteiger partial charge in [0.15, 0.2) is 0 Å². The van der Waals surface area contributed by atoms with E-state index in [1.54, 1.807) is 7.05 Å². The smallest absolute Gasteiger partial charge is 0.318 e. The molecule has 0 saturated carbocycles. The highest BCUT2D eigenvalue weighted by Gasteiger charge is 2.34. The number of rotatable bonds is 3. The van der Waals surface area contributed by atoms with E-state index >= 15 is 0 Å². The predicted molar refractivity (Wildman–Crippen MR) is 72.4 cm³/mol. The highest BCUT2D eigenvalue weighted by atomic mass is 19.4. The molecule has 1 N–H and O–H groups in total. The normalized spacial score (nSPS) is 12.0. The van der Waals surface area contributed by atoms with Crippen molar-refractivity contribution in [2.24, 2.45) is 7.05 Å². The van der Waals surface area contributed by atoms with Gasteiger partial charge in [-0.25, -0.2) is 4.79 Å². The number of nitrogens with zero attached hydrogens (tertiary/aromatic N) is 2. The maximum Gasteiger partial charge on any atom is 0.417 e. The van der Waals surface area contributed by atoms with Crippen LogP contribution in [-0.4, -0.2) is 22.7 Å². The van der Waals surface area contributed by atoms with Crippen molar-refractivity contribution in [3.63, 3.8) is 0 Å². The highest BCUT2D eigenvalue weighted by molar-refractivity contribution is 5.82. The van der Waals surface area contributed by atoms with E-state index in [9.17, 15) is 22.8 Å². The van der Waals surface area contributed by atoms with Crippen LogP contribution in [0.1, 0.15) is 5.56 Å². The van der Waals surface area contributed by atoms with E-state index < -0.39 is 28.4 Å². The van der Waals surface area contributed by atoms with Crippen LogP contribution in [-0.2, 0) is 19.8 Å². The molecule has 1 aromatic heterocycles. The number of hydrogen-bond acceptors (Lipinski definition) is 3. The lowest BCUT2D eigenvalue weighted by Crippen LogP contribution is -2.41. The molecule has 0 spiro atoms. The van der Waals surface area contributed by atoms with Crippen LogP contribution in [0.3, 0.4) is 0 Å². The molecule has 114 valence electrons. The van der Waals surface area contributed by atoms with Crippen LogP contribution in [0.5, 0.6) is 0 Å². The maximum absolute atomic E-state index is 13.1. The first-order chi connectivity index (χ1) is 9.79. The van der Waals surface area contributed by atoms with Gasteiger partial charge >= 0.3 is 11.9 Å². The summed E-state index contributed by atoms with van der Waals surface area (Å²) >= 11 is 0. The standard InChI is InChI=1S/C13H14F3N3O2/c1-17-6-7-19-11(20)10-8(13(14,15)16)4-3-5-9(10)18(2)12(19)21/h3-5,17H,6-7H2,1-2H3. The quantitative estimate of drug-likeness (QED) is 0.918. The van der Waals surface area contributed by atoms with Gasteiger partial charge in [0.05, 0.1) is 16.5 Å². The van der Waals surface area contributed by atoms with E-state index in [1.165, 1.54) is 19.2 Å². The summed E-state index contributed by atoms with van der Waals surface area (Å²) in [7, 11) is 2.97. The van der Waals surface area contributed by atoms with Crippen LogP contribution in [0.25, 0.3) is 10.9 Å². The summed E-state index contributed by atoms with van der Waals surface area (Å²) < 4.78 is 41.1. The van der Waals surface area contributed by atoms with Gasteiger partial charge in [-0.15, -0.1) is 0 Å². The fourth-order valence-electron chi connectivity index (χ4n) is 2.21. The molecule has 5 nitrogen and oxygen atoms in total. The molecule has 2 rings (SSSR count). The van der Waals surface area contributed by atoms with Crippen molar-refractivity contribution < 1.29 is 13.2 Å². The molecule has 0 aliphatic rings. The number of nitrogens with one attached hydrogen (secondary N) is 1. The molecule has 0 saturated heterocycles. The minimum atomic E-state index is -4.66. The number of aryl methyl sites for hydroxylation is 1. The minimum Gasteiger partial charge on any atom is -0.318 e. The molecule has 0 radical (unpaired) electrons. The summed E-state index contributed by atoms with van der Waals surface area (Å²) in [6.45, 7) is 0.305. The summed E-state index contributed by atoms with van der Waals surface area (Å²) in [6, 6.07) is 3.36. The second-order valence-corrected chi connectivity index (χ2v) is 4.60. The zero-order chi connectivity index (χ0) is 15.8. The lowest BCUT2D eigenvalue weighted by Gasteiger charge is -2.14. The summed E-state index contributed by atoms with van der Waals surface area (Å²) in [5.41, 5.74) is -2.61. The number of hydrogen-bond donors (Lipinski definition) is 1. The first kappa shape index (κ1) is 15.3. The van der Waals surface area contributed by atoms with Gasteiger partial charge in [-0.3, -0.25) is 13.9 Å². The van der Waals surface area contributed by atoms with E-state index in [4.69, 9.17) is 0 Å². The van der Waals surface area contributed by atoms with Crippen molar-refractivity contribution in [1.29, 1.82) is 0 Å². The second kappa shape index (κ2) is 5.36. The third-order valence-corrected chi connectivity index (χ3v) is 3.27. The van der Waals surface area contributed by atoms with Crippen LogP contribution < -0.4 is 16.6 Å². The zero-order valence-electron chi connectivity index (χ0n) is 11.5. The van der Waals surface area contributed by atoms with Crippen molar-refractivity contribution in [2.45, 2.75) is 12.7 Å². The second-order valence-electron chi connectivity index (χ2n) is 4.60. The molecule has 0 atom stereocenters. The summed E-state index contributed by atoms with van der Waals surface area (Å²) in [6.07, 6.45) is -4.66. The fourth-order valence-corrected chi connectivity index (χ4v) is 2.21. The van der Waals surface area contributed by atoms with Crippen LogP contribution >= 0.6 is 0 Å². The Kier molecular flexibility index (Phi) is 3.91. The van der Waals surface area contributed by atoms with Gasteiger partial charge < -0.3 is 5.32 Å². The van der Waals surface area contributed by atoms with E-state index in [0.717, 1.165) is 15.2 Å². The van der Waals surface area contributed by atoms with Crippen LogP contribution in [0.4, 0.5) is 13.2 Å². The van der Waals surface area contributed by atoms with E-state index in [0.29, 0.717) is 6.54 Å². The van der Waals surface area contributed by atoms with Crippen LogP contribution in [0.2, 0.25) is 0 Å². The summed E-state index contributed by atoms with van der Waals surface area (Å²) in [5, 5.41) is 2.27. The molecular formula is C13H14F3N3O2. The van der Waals surface area contributed by atoms with Crippen molar-refractivity contribution in [3.8, 4) is 0 Å². The topological polar surface area (TPSA) is 56.0 Å². The maximum atomic E-state index is 13.1. The molecule has 0 aliphatic carbocycles. The number of alkyl halides is 3. The molecule has 0 aliphatic heterocycles. The Morgan fingerprint density at radius 1 is 1.24 bits per heavy atom. The van der Waals surface area contributed by atoms with Crippen LogP contribution in [0.15, 0.2) is 27.8 Å². The van der Waals surface area contributed by atoms with Crippen molar-refractivity contribution in [1.82, 2.24) is 14.5 Å². The lowest BCUT2D eigenvalue weighted by atomic mass is 10.1. The average molecular weight is 301 g/mol. The number of halogens is 3. The first-order valence-corrected chi connectivity index (χ1v) is 6.23. The Labute approximate surface area is 117 Å². The molecule has 0 fully saturated rings. The molecule has 21 heavy (non-hydrogen) atoms. The lowest BCUT2D eigenvalue weighted by molar-refractivity contribution is -0.136. The molecule has 8 heteroatoms. The van der Waals surface area contributed by atoms with E-state index in [-0.39, 0.29) is 12.1 Å². The summed E-state index contributed by atoms with van der Waals surface area (Å²) in [4.78, 5) is 24.4. The third-order valence-electron chi connectivity index (χ3n) is 3.27. The molecule has 2 aromatic rings. The average Bonchev–Trinajstić information content (AvgIpc) is 2.43. The van der Waals surface area contributed by atoms with Gasteiger partial charge in [0.25, 0.3) is 5.56 Å². The molecule has 0 bridgehead atoms. The van der Waals surface area contributed by atoms with E-state index in [2.05, 4.69) is 5.32 Å². The molecular weight excluding hydrogens is 287 g/mol. The zero-order valence-corrected chi connectivity index (χ0v) is 11.5. The van der Waals surface area contributed by atoms with Crippen molar-refractivity contribution >= 4 is 10.9 Å². The fraction of sp³-hybridized carbons (Fsp3) is 0.385. The van der Waals surface area contributed by atoms with Gasteiger partial charge in [0, 0.05) is 20.1 Å². The molecule has 1 heterocycles. The number of benzene rings is 1. The number of likely N-dealkylation sites (N-methyl/N-ethyl adjacent to an activating group) is 1. The number of fused-ring (bicyclic) bond motifs is 1. The van der Waals surface area contributed by atoms with Gasteiger partial charge in [0.1, 0.15) is 0 Å². The van der Waals surface area contributed by atoms with Gasteiger partial charge in [-0.1, -0.05) is 6.07 Å². The van der Waals surface area contributed by atoms with Crippen molar-refractivity contribution in [3.05, 3.63) is 44.6 Å². The Morgan fingerprint density at radius 2 is 1.90 bits per heavy atom. The largest absolute Gasteiger partial charge is 0.417 e. The third kappa shape index (κ3) is 2.58. The first-order valence-electron chi connectivity index (χ1n) is 6.23. The van der Waals surface area contributed by atoms with Crippen LogP contribution in [0, 0.1) is 0 Å². The summed E-state index contributed by atoms with van der Waals surface area (Å²) in [5.74, 6) is 0. The molecule has 0 amide bonds. The van der Waals surface area contributed by atoms with Gasteiger partial charge in [0.2, 0.25) is 0 Å². The Bertz CT molecular complexity index is 790. The predicted octanol–water partition coefficient (Wildman–Crippen LogP) is 0.938. The molecule has 1 aromatic carbocycles.